The molecule has 2 nitrogen and oxygen atoms in total. The van der Waals surface area contributed by atoms with Crippen LogP contribution in [0.2, 0.25) is 0 Å². The molecule has 3 rings (SSSR count). The molecule has 1 unspecified atom stereocenters. The Hall–Kier alpha value is -1.32. The summed E-state index contributed by atoms with van der Waals surface area (Å²) in [6, 6.07) is 12.2. The molecule has 0 aliphatic heterocycles. The van der Waals surface area contributed by atoms with Crippen molar-refractivity contribution in [2.24, 2.45) is 0 Å². The molecular weight excluding hydrogens is 304 g/mol. The van der Waals surface area contributed by atoms with Crippen LogP contribution < -0.4 is 0 Å². The highest BCUT2D eigenvalue weighted by Crippen LogP contribution is 2.36. The second-order valence-corrected chi connectivity index (χ2v) is 5.58. The molecule has 0 bridgehead atoms. The van der Waals surface area contributed by atoms with E-state index in [1.807, 2.05) is 18.2 Å². The molecule has 0 amide bonds. The van der Waals surface area contributed by atoms with Crippen molar-refractivity contribution < 1.29 is 9.52 Å². The molecule has 0 fully saturated rings. The van der Waals surface area contributed by atoms with Crippen molar-refractivity contribution in [3.05, 3.63) is 46.6 Å². The van der Waals surface area contributed by atoms with Crippen LogP contribution in [0, 0.1) is 0 Å². The van der Waals surface area contributed by atoms with Gasteiger partial charge in [-0.05, 0) is 45.3 Å². The summed E-state index contributed by atoms with van der Waals surface area (Å²) in [7, 11) is 0. The van der Waals surface area contributed by atoms with Crippen molar-refractivity contribution in [1.29, 1.82) is 0 Å². The summed E-state index contributed by atoms with van der Waals surface area (Å²) in [6.45, 7) is 2.05. The molecule has 1 aromatic heterocycles. The van der Waals surface area contributed by atoms with Crippen molar-refractivity contribution in [2.45, 2.75) is 25.9 Å². The van der Waals surface area contributed by atoms with E-state index in [9.17, 15) is 5.11 Å². The fourth-order valence-electron chi connectivity index (χ4n) is 2.40. The molecule has 1 heterocycles. The van der Waals surface area contributed by atoms with E-state index in [4.69, 9.17) is 4.42 Å². The molecule has 98 valence electrons. The van der Waals surface area contributed by atoms with Crippen molar-refractivity contribution in [1.82, 2.24) is 0 Å². The Morgan fingerprint density at radius 3 is 2.79 bits per heavy atom. The molecule has 0 radical (unpaired) electrons. The molecule has 0 spiro atoms. The average molecular weight is 319 g/mol. The minimum atomic E-state index is -0.521. The molecule has 2 aromatic carbocycles. The van der Waals surface area contributed by atoms with Gasteiger partial charge in [-0.1, -0.05) is 37.6 Å². The number of hydrogen-bond donors (Lipinski definition) is 1. The second-order valence-electron chi connectivity index (χ2n) is 4.78. The molecule has 1 N–H and O–H groups in total. The first-order chi connectivity index (χ1) is 9.20. The minimum absolute atomic E-state index is 0.521. The zero-order chi connectivity index (χ0) is 13.4. The topological polar surface area (TPSA) is 33.4 Å². The number of aliphatic hydroxyl groups is 1. The number of benzene rings is 2. The Kier molecular flexibility index (Phi) is 3.33. The van der Waals surface area contributed by atoms with Crippen LogP contribution >= 0.6 is 15.9 Å². The molecule has 19 heavy (non-hydrogen) atoms. The zero-order valence-corrected chi connectivity index (χ0v) is 12.3. The molecule has 0 saturated heterocycles. The smallest absolute Gasteiger partial charge is 0.149 e. The van der Waals surface area contributed by atoms with Gasteiger partial charge in [0.25, 0.3) is 0 Å². The van der Waals surface area contributed by atoms with Crippen molar-refractivity contribution in [3.63, 3.8) is 0 Å². The van der Waals surface area contributed by atoms with Crippen LogP contribution in [0.5, 0.6) is 0 Å². The Labute approximate surface area is 120 Å². The third-order valence-electron chi connectivity index (χ3n) is 3.38. The van der Waals surface area contributed by atoms with E-state index >= 15 is 0 Å². The van der Waals surface area contributed by atoms with E-state index in [1.54, 1.807) is 0 Å². The fourth-order valence-corrected chi connectivity index (χ4v) is 3.07. The maximum atomic E-state index is 10.0. The first-order valence-corrected chi connectivity index (χ1v) is 7.28. The van der Waals surface area contributed by atoms with Crippen LogP contribution in [0.25, 0.3) is 21.7 Å². The van der Waals surface area contributed by atoms with Crippen LogP contribution in [-0.2, 0) is 0 Å². The summed E-state index contributed by atoms with van der Waals surface area (Å²) in [4.78, 5) is 0. The molecular formula is C16H15BrO2. The average Bonchev–Trinajstić information content (AvgIpc) is 2.84. The summed E-state index contributed by atoms with van der Waals surface area (Å²) in [5, 5.41) is 13.4. The standard InChI is InChI=1S/C16H15BrO2/c1-2-5-13(18)14-9-11-8-10-6-3-4-7-12(10)15(17)16(11)19-14/h3-4,6-9,13,18H,2,5H2,1H3. The number of aliphatic hydroxyl groups excluding tert-OH is 1. The van der Waals surface area contributed by atoms with Gasteiger partial charge in [-0.2, -0.15) is 0 Å². The van der Waals surface area contributed by atoms with Crippen LogP contribution in [-0.4, -0.2) is 5.11 Å². The van der Waals surface area contributed by atoms with E-state index in [2.05, 4.69) is 41.1 Å². The van der Waals surface area contributed by atoms with Gasteiger partial charge in [0.2, 0.25) is 0 Å². The lowest BCUT2D eigenvalue weighted by Gasteiger charge is -2.04. The van der Waals surface area contributed by atoms with Crippen molar-refractivity contribution >= 4 is 37.7 Å². The summed E-state index contributed by atoms with van der Waals surface area (Å²) in [5.74, 6) is 0.646. The van der Waals surface area contributed by atoms with Crippen LogP contribution in [0.4, 0.5) is 0 Å². The van der Waals surface area contributed by atoms with Gasteiger partial charge in [0.1, 0.15) is 17.4 Å². The van der Waals surface area contributed by atoms with Gasteiger partial charge in [0.05, 0.1) is 4.47 Å². The second kappa shape index (κ2) is 4.99. The van der Waals surface area contributed by atoms with Gasteiger partial charge in [-0.3, -0.25) is 0 Å². The number of hydrogen-bond acceptors (Lipinski definition) is 2. The molecule has 3 heteroatoms. The first kappa shape index (κ1) is 12.7. The Bertz CT molecular complexity index is 730. The molecule has 0 aliphatic carbocycles. The van der Waals surface area contributed by atoms with Gasteiger partial charge in [0.15, 0.2) is 0 Å². The summed E-state index contributed by atoms with van der Waals surface area (Å²) in [6.07, 6.45) is 1.13. The van der Waals surface area contributed by atoms with E-state index in [1.165, 1.54) is 5.39 Å². The first-order valence-electron chi connectivity index (χ1n) is 6.49. The van der Waals surface area contributed by atoms with E-state index < -0.39 is 6.10 Å². The lowest BCUT2D eigenvalue weighted by Crippen LogP contribution is -1.93. The fraction of sp³-hybridized carbons (Fsp3) is 0.250. The SMILES string of the molecule is CCCC(O)c1cc2cc3ccccc3c(Br)c2o1. The van der Waals surface area contributed by atoms with E-state index in [0.29, 0.717) is 5.76 Å². The molecule has 0 aliphatic rings. The Morgan fingerprint density at radius 2 is 2.00 bits per heavy atom. The van der Waals surface area contributed by atoms with E-state index in [0.717, 1.165) is 33.7 Å². The lowest BCUT2D eigenvalue weighted by molar-refractivity contribution is 0.141. The molecule has 3 aromatic rings. The predicted molar refractivity (Wildman–Crippen MR) is 81.3 cm³/mol. The molecule has 1 atom stereocenters. The van der Waals surface area contributed by atoms with Crippen LogP contribution in [0.1, 0.15) is 31.6 Å². The molecule has 0 saturated carbocycles. The third kappa shape index (κ3) is 2.17. The van der Waals surface area contributed by atoms with Gasteiger partial charge in [-0.15, -0.1) is 0 Å². The van der Waals surface area contributed by atoms with Crippen LogP contribution in [0.15, 0.2) is 45.3 Å². The number of rotatable bonds is 3. The van der Waals surface area contributed by atoms with Gasteiger partial charge in [0, 0.05) is 5.39 Å². The van der Waals surface area contributed by atoms with Gasteiger partial charge < -0.3 is 9.52 Å². The largest absolute Gasteiger partial charge is 0.457 e. The number of furan rings is 1. The summed E-state index contributed by atoms with van der Waals surface area (Å²) < 4.78 is 6.78. The number of fused-ring (bicyclic) bond motifs is 2. The number of halogens is 1. The highest BCUT2D eigenvalue weighted by molar-refractivity contribution is 9.10. The quantitative estimate of drug-likeness (QED) is 0.721. The van der Waals surface area contributed by atoms with Crippen LogP contribution in [0.3, 0.4) is 0 Å². The van der Waals surface area contributed by atoms with Gasteiger partial charge in [-0.25, -0.2) is 0 Å². The monoisotopic (exact) mass is 318 g/mol. The predicted octanol–water partition coefficient (Wildman–Crippen LogP) is 5.18. The highest BCUT2D eigenvalue weighted by atomic mass is 79.9. The Balaban J connectivity index is 2.22. The highest BCUT2D eigenvalue weighted by Gasteiger charge is 2.15. The zero-order valence-electron chi connectivity index (χ0n) is 10.7. The summed E-state index contributed by atoms with van der Waals surface area (Å²) >= 11 is 3.61. The van der Waals surface area contributed by atoms with Crippen molar-refractivity contribution in [3.8, 4) is 0 Å². The normalized spacial score (nSPS) is 13.2. The lowest BCUT2D eigenvalue weighted by atomic mass is 10.1. The van der Waals surface area contributed by atoms with E-state index in [-0.39, 0.29) is 0 Å². The minimum Gasteiger partial charge on any atom is -0.457 e. The third-order valence-corrected chi connectivity index (χ3v) is 4.17. The maximum Gasteiger partial charge on any atom is 0.149 e. The Morgan fingerprint density at radius 1 is 1.21 bits per heavy atom. The maximum absolute atomic E-state index is 10.0. The van der Waals surface area contributed by atoms with Crippen molar-refractivity contribution in [2.75, 3.05) is 0 Å². The van der Waals surface area contributed by atoms with Gasteiger partial charge >= 0.3 is 0 Å². The summed E-state index contributed by atoms with van der Waals surface area (Å²) in [5.41, 5.74) is 0.809.